The topological polar surface area (TPSA) is 38.3 Å². The van der Waals surface area contributed by atoms with Gasteiger partial charge in [0, 0.05) is 11.4 Å². The summed E-state index contributed by atoms with van der Waals surface area (Å²) in [5.74, 6) is 1.07. The average Bonchev–Trinajstić information content (AvgIpc) is 2.37. The smallest absolute Gasteiger partial charge is 0.255 e. The van der Waals surface area contributed by atoms with Gasteiger partial charge < -0.3 is 10.1 Å². The zero-order chi connectivity index (χ0) is 13.5. The number of ether oxygens (including phenoxy) is 1. The van der Waals surface area contributed by atoms with Crippen LogP contribution in [0.4, 0.5) is 0 Å². The van der Waals surface area contributed by atoms with Crippen LogP contribution >= 0.6 is 15.9 Å². The number of methoxy groups -OCH3 is 1. The van der Waals surface area contributed by atoms with Gasteiger partial charge in [-0.2, -0.15) is 0 Å². The molecule has 0 bridgehead atoms. The molecule has 0 radical (unpaired) electrons. The van der Waals surface area contributed by atoms with Crippen LogP contribution in [-0.4, -0.2) is 24.4 Å². The largest absolute Gasteiger partial charge is 0.496 e. The Morgan fingerprint density at radius 3 is 2.61 bits per heavy atom. The molecule has 1 aromatic carbocycles. The maximum Gasteiger partial charge on any atom is 0.255 e. The van der Waals surface area contributed by atoms with Crippen molar-refractivity contribution in [2.75, 3.05) is 12.4 Å². The minimum absolute atomic E-state index is 0.0856. The van der Waals surface area contributed by atoms with Gasteiger partial charge in [0.2, 0.25) is 0 Å². The molecule has 0 aliphatic carbocycles. The van der Waals surface area contributed by atoms with Crippen molar-refractivity contribution < 1.29 is 9.53 Å². The highest BCUT2D eigenvalue weighted by molar-refractivity contribution is 9.09. The van der Waals surface area contributed by atoms with Crippen molar-refractivity contribution in [1.29, 1.82) is 0 Å². The van der Waals surface area contributed by atoms with E-state index in [0.717, 1.165) is 11.8 Å². The van der Waals surface area contributed by atoms with Crippen LogP contribution in [0.3, 0.4) is 0 Å². The van der Waals surface area contributed by atoms with Crippen LogP contribution < -0.4 is 10.1 Å². The predicted octanol–water partition coefficient (Wildman–Crippen LogP) is 3.23. The molecule has 0 aromatic heterocycles. The molecule has 100 valence electrons. The molecule has 1 unspecified atom stereocenters. The molecular formula is C14H20BrNO2. The van der Waals surface area contributed by atoms with E-state index in [1.54, 1.807) is 19.2 Å². The summed E-state index contributed by atoms with van der Waals surface area (Å²) in [7, 11) is 1.57. The van der Waals surface area contributed by atoms with E-state index in [0.29, 0.717) is 17.2 Å². The Kier molecular flexibility index (Phi) is 6.19. The lowest BCUT2D eigenvalue weighted by molar-refractivity contribution is 0.0934. The number of carbonyl (C=O) groups is 1. The molecule has 0 fully saturated rings. The van der Waals surface area contributed by atoms with E-state index < -0.39 is 0 Å². The summed E-state index contributed by atoms with van der Waals surface area (Å²) in [5.41, 5.74) is 0.578. The van der Waals surface area contributed by atoms with Gasteiger partial charge in [0.25, 0.3) is 5.91 Å². The first-order valence-electron chi connectivity index (χ1n) is 6.08. The Labute approximate surface area is 117 Å². The molecule has 3 nitrogen and oxygen atoms in total. The fraction of sp³-hybridized carbons (Fsp3) is 0.500. The lowest BCUT2D eigenvalue weighted by Gasteiger charge is -2.19. The first kappa shape index (κ1) is 15.0. The zero-order valence-corrected chi connectivity index (χ0v) is 12.7. The number of amides is 1. The van der Waals surface area contributed by atoms with Crippen LogP contribution in [0.2, 0.25) is 0 Å². The van der Waals surface area contributed by atoms with Crippen LogP contribution in [0.1, 0.15) is 30.6 Å². The zero-order valence-electron chi connectivity index (χ0n) is 11.1. The quantitative estimate of drug-likeness (QED) is 0.819. The molecule has 0 heterocycles. The highest BCUT2D eigenvalue weighted by Crippen LogP contribution is 2.17. The molecule has 0 saturated heterocycles. The number of alkyl halides is 1. The monoisotopic (exact) mass is 313 g/mol. The second-order valence-electron chi connectivity index (χ2n) is 4.65. The summed E-state index contributed by atoms with van der Waals surface area (Å²) in [6.45, 7) is 4.29. The first-order chi connectivity index (χ1) is 8.58. The van der Waals surface area contributed by atoms with Crippen LogP contribution in [0.5, 0.6) is 5.75 Å². The molecule has 0 aliphatic rings. The molecule has 1 aromatic rings. The Morgan fingerprint density at radius 1 is 1.39 bits per heavy atom. The summed E-state index contributed by atoms with van der Waals surface area (Å²) >= 11 is 3.44. The fourth-order valence-electron chi connectivity index (χ4n) is 1.82. The van der Waals surface area contributed by atoms with Crippen LogP contribution in [0.15, 0.2) is 24.3 Å². The SMILES string of the molecule is COc1ccccc1C(=O)NC(CBr)CC(C)C. The Hall–Kier alpha value is -1.03. The molecule has 1 amide bonds. The van der Waals surface area contributed by atoms with Crippen LogP contribution in [-0.2, 0) is 0 Å². The minimum atomic E-state index is -0.0856. The van der Waals surface area contributed by atoms with E-state index >= 15 is 0 Å². The summed E-state index contributed by atoms with van der Waals surface area (Å²) in [6.07, 6.45) is 0.951. The number of hydrogen-bond acceptors (Lipinski definition) is 2. The van der Waals surface area contributed by atoms with E-state index in [9.17, 15) is 4.79 Å². The van der Waals surface area contributed by atoms with E-state index in [-0.39, 0.29) is 11.9 Å². The van der Waals surface area contributed by atoms with Crippen LogP contribution in [0.25, 0.3) is 0 Å². The van der Waals surface area contributed by atoms with Gasteiger partial charge in [0.15, 0.2) is 0 Å². The van der Waals surface area contributed by atoms with Gasteiger partial charge >= 0.3 is 0 Å². The fourth-order valence-corrected chi connectivity index (χ4v) is 2.25. The van der Waals surface area contributed by atoms with E-state index in [4.69, 9.17) is 4.74 Å². The van der Waals surface area contributed by atoms with Gasteiger partial charge in [-0.1, -0.05) is 41.9 Å². The summed E-state index contributed by atoms with van der Waals surface area (Å²) in [5, 5.41) is 3.78. The second kappa shape index (κ2) is 7.41. The number of para-hydroxylation sites is 1. The van der Waals surface area contributed by atoms with Crippen molar-refractivity contribution in [2.24, 2.45) is 5.92 Å². The number of hydrogen-bond donors (Lipinski definition) is 1. The van der Waals surface area contributed by atoms with Gasteiger partial charge in [0.1, 0.15) is 5.75 Å². The summed E-state index contributed by atoms with van der Waals surface area (Å²) in [4.78, 5) is 12.2. The van der Waals surface area contributed by atoms with Crippen molar-refractivity contribution in [2.45, 2.75) is 26.3 Å². The molecule has 1 atom stereocenters. The molecule has 18 heavy (non-hydrogen) atoms. The lowest BCUT2D eigenvalue weighted by Crippen LogP contribution is -2.37. The molecule has 0 spiro atoms. The third-order valence-electron chi connectivity index (χ3n) is 2.63. The third-order valence-corrected chi connectivity index (χ3v) is 3.41. The van der Waals surface area contributed by atoms with Crippen molar-refractivity contribution in [3.05, 3.63) is 29.8 Å². The first-order valence-corrected chi connectivity index (χ1v) is 7.20. The number of rotatable bonds is 6. The van der Waals surface area contributed by atoms with Gasteiger partial charge in [-0.25, -0.2) is 0 Å². The molecule has 1 N–H and O–H groups in total. The van der Waals surface area contributed by atoms with Crippen molar-refractivity contribution in [3.63, 3.8) is 0 Å². The highest BCUT2D eigenvalue weighted by Gasteiger charge is 2.16. The maximum absolute atomic E-state index is 12.2. The average molecular weight is 314 g/mol. The summed E-state index contributed by atoms with van der Waals surface area (Å²) < 4.78 is 5.19. The second-order valence-corrected chi connectivity index (χ2v) is 5.30. The molecule has 0 aliphatic heterocycles. The summed E-state index contributed by atoms with van der Waals surface area (Å²) in [6, 6.07) is 7.40. The van der Waals surface area contributed by atoms with Gasteiger partial charge in [-0.05, 0) is 24.5 Å². The van der Waals surface area contributed by atoms with Crippen molar-refractivity contribution in [3.8, 4) is 5.75 Å². The normalized spacial score (nSPS) is 12.3. The van der Waals surface area contributed by atoms with Gasteiger partial charge in [0.05, 0.1) is 12.7 Å². The Bertz CT molecular complexity index is 393. The Morgan fingerprint density at radius 2 is 2.06 bits per heavy atom. The molecule has 4 heteroatoms. The highest BCUT2D eigenvalue weighted by atomic mass is 79.9. The number of halogens is 1. The predicted molar refractivity (Wildman–Crippen MR) is 77.5 cm³/mol. The van der Waals surface area contributed by atoms with Crippen molar-refractivity contribution in [1.82, 2.24) is 5.32 Å². The van der Waals surface area contributed by atoms with E-state index in [1.807, 2.05) is 12.1 Å². The Balaban J connectivity index is 2.74. The minimum Gasteiger partial charge on any atom is -0.496 e. The number of benzene rings is 1. The molecule has 0 saturated carbocycles. The standard InChI is InChI=1S/C14H20BrNO2/c1-10(2)8-11(9-15)16-14(17)12-6-4-5-7-13(12)18-3/h4-7,10-11H,8-9H2,1-3H3,(H,16,17). The van der Waals surface area contributed by atoms with Gasteiger partial charge in [-0.15, -0.1) is 0 Å². The molecular weight excluding hydrogens is 294 g/mol. The maximum atomic E-state index is 12.2. The number of nitrogens with one attached hydrogen (secondary N) is 1. The number of carbonyl (C=O) groups excluding carboxylic acids is 1. The van der Waals surface area contributed by atoms with Crippen molar-refractivity contribution >= 4 is 21.8 Å². The van der Waals surface area contributed by atoms with E-state index in [1.165, 1.54) is 0 Å². The molecule has 1 rings (SSSR count). The lowest BCUT2D eigenvalue weighted by atomic mass is 10.0. The van der Waals surface area contributed by atoms with E-state index in [2.05, 4.69) is 35.1 Å². The van der Waals surface area contributed by atoms with Gasteiger partial charge in [-0.3, -0.25) is 4.79 Å². The third kappa shape index (κ3) is 4.33. The van der Waals surface area contributed by atoms with Crippen LogP contribution in [0, 0.1) is 5.92 Å².